The van der Waals surface area contributed by atoms with Gasteiger partial charge in [-0.15, -0.1) is 0 Å². The van der Waals surface area contributed by atoms with Crippen molar-refractivity contribution in [2.45, 2.75) is 33.3 Å². The molecule has 0 N–H and O–H groups in total. The molecule has 7 heteroatoms. The smallest absolute Gasteiger partial charge is 0.322 e. The van der Waals surface area contributed by atoms with Crippen LogP contribution in [0.15, 0.2) is 0 Å². The first kappa shape index (κ1) is 15.9. The summed E-state index contributed by atoms with van der Waals surface area (Å²) in [5, 5.41) is 0.132. The van der Waals surface area contributed by atoms with Crippen LogP contribution in [0.5, 0.6) is 6.01 Å². The van der Waals surface area contributed by atoms with Crippen LogP contribution in [0.1, 0.15) is 27.2 Å². The van der Waals surface area contributed by atoms with E-state index in [9.17, 15) is 0 Å². The molecule has 0 saturated carbocycles. The highest BCUT2D eigenvalue weighted by atomic mass is 35.5. The molecule has 1 heterocycles. The number of hydrogen-bond acceptors (Lipinski definition) is 6. The number of hydrogen-bond donors (Lipinski definition) is 0. The van der Waals surface area contributed by atoms with Gasteiger partial charge in [-0.1, -0.05) is 6.92 Å². The lowest BCUT2D eigenvalue weighted by atomic mass is 10.5. The quantitative estimate of drug-likeness (QED) is 0.731. The third kappa shape index (κ3) is 6.02. The number of rotatable bonds is 8. The van der Waals surface area contributed by atoms with E-state index in [1.54, 1.807) is 0 Å². The fourth-order valence-electron chi connectivity index (χ4n) is 1.28. The maximum atomic E-state index is 5.86. The highest BCUT2D eigenvalue weighted by Crippen LogP contribution is 2.14. The third-order valence-corrected chi connectivity index (χ3v) is 2.40. The van der Waals surface area contributed by atoms with Crippen LogP contribution in [0.4, 0.5) is 5.95 Å². The topological polar surface area (TPSA) is 60.4 Å². The Hall–Kier alpha value is -1.14. The molecule has 0 atom stereocenters. The predicted molar refractivity (Wildman–Crippen MR) is 75.0 cm³/mol. The van der Waals surface area contributed by atoms with E-state index in [1.165, 1.54) is 0 Å². The maximum absolute atomic E-state index is 5.86. The molecule has 0 aliphatic rings. The van der Waals surface area contributed by atoms with Crippen LogP contribution in [0.25, 0.3) is 0 Å². The Bertz CT molecular complexity index is 390. The second-order valence-corrected chi connectivity index (χ2v) is 4.71. The Labute approximate surface area is 119 Å². The van der Waals surface area contributed by atoms with E-state index < -0.39 is 0 Å². The lowest BCUT2D eigenvalue weighted by Gasteiger charge is -2.18. The first-order valence-corrected chi connectivity index (χ1v) is 6.77. The minimum absolute atomic E-state index is 0.132. The molecule has 1 aromatic heterocycles. The van der Waals surface area contributed by atoms with Gasteiger partial charge in [0.2, 0.25) is 11.2 Å². The Morgan fingerprint density at radius 1 is 1.21 bits per heavy atom. The van der Waals surface area contributed by atoms with Crippen molar-refractivity contribution in [1.82, 2.24) is 15.0 Å². The molecule has 0 fully saturated rings. The van der Waals surface area contributed by atoms with Gasteiger partial charge in [0.1, 0.15) is 0 Å². The SMILES string of the molecule is CCCOc1nc(Cl)nc(N(C)CCOC(C)C)n1. The third-order valence-electron chi connectivity index (χ3n) is 2.23. The average molecular weight is 289 g/mol. The van der Waals surface area contributed by atoms with E-state index in [1.807, 2.05) is 32.7 Å². The number of aromatic nitrogens is 3. The van der Waals surface area contributed by atoms with Crippen molar-refractivity contribution in [1.29, 1.82) is 0 Å². The van der Waals surface area contributed by atoms with Gasteiger partial charge in [0.25, 0.3) is 0 Å². The number of anilines is 1. The van der Waals surface area contributed by atoms with Gasteiger partial charge in [-0.25, -0.2) is 0 Å². The van der Waals surface area contributed by atoms with E-state index in [0.717, 1.165) is 6.42 Å². The molecule has 0 bridgehead atoms. The Kier molecular flexibility index (Phi) is 6.80. The normalized spacial score (nSPS) is 10.8. The molecule has 0 radical (unpaired) electrons. The van der Waals surface area contributed by atoms with Crippen molar-refractivity contribution >= 4 is 17.5 Å². The van der Waals surface area contributed by atoms with Gasteiger partial charge in [-0.3, -0.25) is 0 Å². The van der Waals surface area contributed by atoms with Gasteiger partial charge < -0.3 is 14.4 Å². The molecule has 1 rings (SSSR count). The fourth-order valence-corrected chi connectivity index (χ4v) is 1.42. The minimum atomic E-state index is 0.132. The van der Waals surface area contributed by atoms with Crippen LogP contribution in [0.2, 0.25) is 5.28 Å². The second-order valence-electron chi connectivity index (χ2n) is 4.38. The van der Waals surface area contributed by atoms with E-state index in [2.05, 4.69) is 15.0 Å². The molecule has 6 nitrogen and oxygen atoms in total. The van der Waals surface area contributed by atoms with Crippen LogP contribution in [0.3, 0.4) is 0 Å². The fraction of sp³-hybridized carbons (Fsp3) is 0.750. The van der Waals surface area contributed by atoms with Gasteiger partial charge >= 0.3 is 6.01 Å². The molecule has 0 saturated heterocycles. The summed E-state index contributed by atoms with van der Waals surface area (Å²) in [4.78, 5) is 14.1. The summed E-state index contributed by atoms with van der Waals surface area (Å²) in [7, 11) is 1.87. The lowest BCUT2D eigenvalue weighted by Crippen LogP contribution is -2.26. The van der Waals surface area contributed by atoms with E-state index in [0.29, 0.717) is 25.7 Å². The van der Waals surface area contributed by atoms with Crippen molar-refractivity contribution in [2.24, 2.45) is 0 Å². The summed E-state index contributed by atoms with van der Waals surface area (Å²) in [6, 6.07) is 0.258. The number of halogens is 1. The number of nitrogens with zero attached hydrogens (tertiary/aromatic N) is 4. The summed E-state index contributed by atoms with van der Waals surface area (Å²) in [6.45, 7) is 7.83. The highest BCUT2D eigenvalue weighted by molar-refractivity contribution is 6.28. The molecular formula is C12H21ClN4O2. The Balaban J connectivity index is 2.62. The van der Waals surface area contributed by atoms with Crippen molar-refractivity contribution in [3.05, 3.63) is 5.28 Å². The summed E-state index contributed by atoms with van der Waals surface area (Å²) in [6.07, 6.45) is 1.09. The van der Waals surface area contributed by atoms with Gasteiger partial charge in [-0.2, -0.15) is 15.0 Å². The first-order chi connectivity index (χ1) is 9.02. The zero-order valence-corrected chi connectivity index (χ0v) is 12.6. The average Bonchev–Trinajstić information content (AvgIpc) is 2.35. The van der Waals surface area contributed by atoms with Crippen LogP contribution in [-0.2, 0) is 4.74 Å². The Morgan fingerprint density at radius 3 is 2.58 bits per heavy atom. The number of likely N-dealkylation sites (N-methyl/N-ethyl adjacent to an activating group) is 1. The molecule has 108 valence electrons. The monoisotopic (exact) mass is 288 g/mol. The van der Waals surface area contributed by atoms with E-state index >= 15 is 0 Å². The van der Waals surface area contributed by atoms with Gasteiger partial charge in [0, 0.05) is 13.6 Å². The predicted octanol–water partition coefficient (Wildman–Crippen LogP) is 2.17. The van der Waals surface area contributed by atoms with Gasteiger partial charge in [0.15, 0.2) is 0 Å². The van der Waals surface area contributed by atoms with Crippen molar-refractivity contribution in [2.75, 3.05) is 31.7 Å². The molecule has 0 aliphatic heterocycles. The summed E-state index contributed by atoms with van der Waals surface area (Å²) < 4.78 is 10.8. The lowest BCUT2D eigenvalue weighted by molar-refractivity contribution is 0.0844. The standard InChI is InChI=1S/C12H21ClN4O2/c1-5-7-19-12-15-10(13)14-11(16-12)17(4)6-8-18-9(2)3/h9H,5-8H2,1-4H3. The molecule has 0 unspecified atom stereocenters. The molecule has 0 spiro atoms. The number of ether oxygens (including phenoxy) is 2. The molecule has 1 aromatic rings. The summed E-state index contributed by atoms with van der Waals surface area (Å²) in [5.41, 5.74) is 0. The minimum Gasteiger partial charge on any atom is -0.463 e. The van der Waals surface area contributed by atoms with Crippen molar-refractivity contribution in [3.8, 4) is 6.01 Å². The zero-order valence-electron chi connectivity index (χ0n) is 11.9. The van der Waals surface area contributed by atoms with Crippen molar-refractivity contribution < 1.29 is 9.47 Å². The maximum Gasteiger partial charge on any atom is 0.322 e. The van der Waals surface area contributed by atoms with Crippen LogP contribution in [0, 0.1) is 0 Å². The molecule has 0 amide bonds. The van der Waals surface area contributed by atoms with Crippen LogP contribution >= 0.6 is 11.6 Å². The van der Waals surface area contributed by atoms with Crippen molar-refractivity contribution in [3.63, 3.8) is 0 Å². The van der Waals surface area contributed by atoms with Gasteiger partial charge in [0.05, 0.1) is 19.3 Å². The van der Waals surface area contributed by atoms with Gasteiger partial charge in [-0.05, 0) is 31.9 Å². The largest absolute Gasteiger partial charge is 0.463 e. The summed E-state index contributed by atoms with van der Waals surface area (Å²) in [5.74, 6) is 0.485. The second kappa shape index (κ2) is 8.12. The molecule has 19 heavy (non-hydrogen) atoms. The Morgan fingerprint density at radius 2 is 1.95 bits per heavy atom. The highest BCUT2D eigenvalue weighted by Gasteiger charge is 2.10. The molecule has 0 aliphatic carbocycles. The van der Waals surface area contributed by atoms with E-state index in [4.69, 9.17) is 21.1 Å². The first-order valence-electron chi connectivity index (χ1n) is 6.40. The zero-order chi connectivity index (χ0) is 14.3. The molecular weight excluding hydrogens is 268 g/mol. The van der Waals surface area contributed by atoms with Crippen LogP contribution in [-0.4, -0.2) is 47.9 Å². The van der Waals surface area contributed by atoms with E-state index in [-0.39, 0.29) is 17.4 Å². The van der Waals surface area contributed by atoms with Crippen LogP contribution < -0.4 is 9.64 Å². The molecule has 0 aromatic carbocycles. The summed E-state index contributed by atoms with van der Waals surface area (Å²) >= 11 is 5.86.